The number of halogens is 1. The smallest absolute Gasteiger partial charge is 0.251 e. The maximum atomic E-state index is 12.2. The summed E-state index contributed by atoms with van der Waals surface area (Å²) in [5.41, 5.74) is 1.29. The third-order valence-electron chi connectivity index (χ3n) is 3.34. The van der Waals surface area contributed by atoms with Crippen molar-refractivity contribution in [3.05, 3.63) is 52.5 Å². The van der Waals surface area contributed by atoms with E-state index in [4.69, 9.17) is 25.8 Å². The summed E-state index contributed by atoms with van der Waals surface area (Å²) in [6.07, 6.45) is 0. The fourth-order valence-electron chi connectivity index (χ4n) is 2.05. The van der Waals surface area contributed by atoms with E-state index in [-0.39, 0.29) is 12.5 Å². The van der Waals surface area contributed by atoms with Crippen molar-refractivity contribution in [3.8, 4) is 17.2 Å². The van der Waals surface area contributed by atoms with Gasteiger partial charge in [0.15, 0.2) is 11.5 Å². The van der Waals surface area contributed by atoms with Gasteiger partial charge in [-0.1, -0.05) is 11.6 Å². The number of amides is 1. The van der Waals surface area contributed by atoms with Crippen LogP contribution < -0.4 is 19.5 Å². The van der Waals surface area contributed by atoms with Crippen molar-refractivity contribution in [3.63, 3.8) is 0 Å². The Kier molecular flexibility index (Phi) is 5.71. The first kappa shape index (κ1) is 17.0. The highest BCUT2D eigenvalue weighted by Crippen LogP contribution is 2.33. The molecule has 0 atom stereocenters. The number of hydrogen-bond acceptors (Lipinski definition) is 4. The summed E-state index contributed by atoms with van der Waals surface area (Å²) in [7, 11) is 4.67. The second-order valence-corrected chi connectivity index (χ2v) is 5.12. The number of methoxy groups -OCH3 is 3. The number of rotatable bonds is 6. The average molecular weight is 336 g/mol. The molecule has 0 fully saturated rings. The molecule has 0 radical (unpaired) electrons. The number of carbonyl (C=O) groups excluding carboxylic acids is 1. The van der Waals surface area contributed by atoms with Crippen LogP contribution in [0.25, 0.3) is 0 Å². The van der Waals surface area contributed by atoms with Crippen molar-refractivity contribution in [1.29, 1.82) is 0 Å². The molecule has 2 aromatic rings. The summed E-state index contributed by atoms with van der Waals surface area (Å²) >= 11 is 6.20. The summed E-state index contributed by atoms with van der Waals surface area (Å²) in [5.74, 6) is 1.61. The Bertz CT molecular complexity index is 686. The topological polar surface area (TPSA) is 56.8 Å². The maximum absolute atomic E-state index is 12.2. The molecule has 0 spiro atoms. The monoisotopic (exact) mass is 335 g/mol. The predicted molar refractivity (Wildman–Crippen MR) is 88.7 cm³/mol. The normalized spacial score (nSPS) is 10.1. The summed E-state index contributed by atoms with van der Waals surface area (Å²) in [4.78, 5) is 12.2. The predicted octanol–water partition coefficient (Wildman–Crippen LogP) is 3.30. The van der Waals surface area contributed by atoms with E-state index < -0.39 is 0 Å². The Labute approximate surface area is 140 Å². The van der Waals surface area contributed by atoms with Crippen LogP contribution in [-0.2, 0) is 6.54 Å². The molecule has 5 nitrogen and oxygen atoms in total. The van der Waals surface area contributed by atoms with Crippen LogP contribution in [0.1, 0.15) is 15.9 Å². The largest absolute Gasteiger partial charge is 0.497 e. The van der Waals surface area contributed by atoms with E-state index in [0.29, 0.717) is 27.8 Å². The zero-order valence-electron chi connectivity index (χ0n) is 13.2. The molecule has 1 amide bonds. The number of nitrogens with one attached hydrogen (secondary N) is 1. The minimum absolute atomic E-state index is 0.196. The maximum Gasteiger partial charge on any atom is 0.251 e. The Balaban J connectivity index is 2.09. The van der Waals surface area contributed by atoms with Crippen LogP contribution in [0.4, 0.5) is 0 Å². The Morgan fingerprint density at radius 1 is 1.00 bits per heavy atom. The lowest BCUT2D eigenvalue weighted by Gasteiger charge is -2.12. The van der Waals surface area contributed by atoms with Gasteiger partial charge in [0.2, 0.25) is 0 Å². The lowest BCUT2D eigenvalue weighted by molar-refractivity contribution is 0.0951. The molecule has 0 saturated heterocycles. The first-order valence-corrected chi connectivity index (χ1v) is 7.29. The molecular weight excluding hydrogens is 318 g/mol. The average Bonchev–Trinajstić information content (AvgIpc) is 2.60. The number of ether oxygens (including phenoxy) is 3. The van der Waals surface area contributed by atoms with Gasteiger partial charge in [0, 0.05) is 23.2 Å². The van der Waals surface area contributed by atoms with E-state index >= 15 is 0 Å². The standard InChI is InChI=1S/C17H18ClNO4/c1-21-13-6-4-11(5-7-13)17(20)19-10-12-8-15(22-2)16(23-3)9-14(12)18/h4-9H,10H2,1-3H3,(H,19,20). The fourth-order valence-corrected chi connectivity index (χ4v) is 2.27. The lowest BCUT2D eigenvalue weighted by Crippen LogP contribution is -2.22. The third kappa shape index (κ3) is 4.07. The molecule has 0 aliphatic carbocycles. The Hall–Kier alpha value is -2.40. The fraction of sp³-hybridized carbons (Fsp3) is 0.235. The first-order valence-electron chi connectivity index (χ1n) is 6.91. The highest BCUT2D eigenvalue weighted by atomic mass is 35.5. The van der Waals surface area contributed by atoms with Gasteiger partial charge < -0.3 is 19.5 Å². The lowest BCUT2D eigenvalue weighted by atomic mass is 10.1. The number of carbonyl (C=O) groups is 1. The van der Waals surface area contributed by atoms with Gasteiger partial charge in [0.25, 0.3) is 5.91 Å². The molecule has 0 saturated carbocycles. The highest BCUT2D eigenvalue weighted by molar-refractivity contribution is 6.31. The van der Waals surface area contributed by atoms with E-state index in [0.717, 1.165) is 5.56 Å². The van der Waals surface area contributed by atoms with Crippen LogP contribution in [0.3, 0.4) is 0 Å². The molecule has 2 aromatic carbocycles. The van der Waals surface area contributed by atoms with Crippen molar-refractivity contribution in [2.45, 2.75) is 6.54 Å². The molecule has 122 valence electrons. The zero-order valence-corrected chi connectivity index (χ0v) is 13.9. The molecule has 1 N–H and O–H groups in total. The van der Waals surface area contributed by atoms with Gasteiger partial charge in [0.05, 0.1) is 21.3 Å². The van der Waals surface area contributed by atoms with E-state index in [1.54, 1.807) is 57.7 Å². The summed E-state index contributed by atoms with van der Waals surface area (Å²) in [5, 5.41) is 3.32. The van der Waals surface area contributed by atoms with Gasteiger partial charge in [-0.25, -0.2) is 0 Å². The van der Waals surface area contributed by atoms with Crippen LogP contribution in [-0.4, -0.2) is 27.2 Å². The van der Waals surface area contributed by atoms with Gasteiger partial charge in [-0.05, 0) is 35.9 Å². The molecule has 0 unspecified atom stereocenters. The Morgan fingerprint density at radius 2 is 1.61 bits per heavy atom. The Morgan fingerprint density at radius 3 is 2.17 bits per heavy atom. The molecule has 0 aromatic heterocycles. The molecule has 0 aliphatic heterocycles. The first-order chi connectivity index (χ1) is 11.1. The third-order valence-corrected chi connectivity index (χ3v) is 3.70. The van der Waals surface area contributed by atoms with Gasteiger partial charge in [0.1, 0.15) is 5.75 Å². The minimum atomic E-state index is -0.196. The minimum Gasteiger partial charge on any atom is -0.497 e. The molecule has 6 heteroatoms. The van der Waals surface area contributed by atoms with E-state index in [9.17, 15) is 4.79 Å². The molecule has 0 heterocycles. The second kappa shape index (κ2) is 7.74. The SMILES string of the molecule is COc1ccc(C(=O)NCc2cc(OC)c(OC)cc2Cl)cc1. The number of benzene rings is 2. The van der Waals surface area contributed by atoms with Crippen molar-refractivity contribution in [2.75, 3.05) is 21.3 Å². The summed E-state index contributed by atoms with van der Waals surface area (Å²) in [6.45, 7) is 0.282. The van der Waals surface area contributed by atoms with E-state index in [1.165, 1.54) is 0 Å². The molecular formula is C17H18ClNO4. The molecule has 0 bridgehead atoms. The van der Waals surface area contributed by atoms with Gasteiger partial charge in [-0.15, -0.1) is 0 Å². The van der Waals surface area contributed by atoms with Crippen molar-refractivity contribution in [1.82, 2.24) is 5.32 Å². The van der Waals surface area contributed by atoms with E-state index in [2.05, 4.69) is 5.32 Å². The van der Waals surface area contributed by atoms with E-state index in [1.807, 2.05) is 0 Å². The summed E-state index contributed by atoms with van der Waals surface area (Å²) < 4.78 is 15.5. The molecule has 2 rings (SSSR count). The number of hydrogen-bond donors (Lipinski definition) is 1. The van der Waals surface area contributed by atoms with Gasteiger partial charge >= 0.3 is 0 Å². The molecule has 23 heavy (non-hydrogen) atoms. The van der Waals surface area contributed by atoms with Gasteiger partial charge in [-0.2, -0.15) is 0 Å². The second-order valence-electron chi connectivity index (χ2n) is 4.71. The zero-order chi connectivity index (χ0) is 16.8. The highest BCUT2D eigenvalue weighted by Gasteiger charge is 2.11. The van der Waals surface area contributed by atoms with Crippen LogP contribution >= 0.6 is 11.6 Å². The van der Waals surface area contributed by atoms with Crippen LogP contribution in [0.2, 0.25) is 5.02 Å². The van der Waals surface area contributed by atoms with Crippen LogP contribution in [0.15, 0.2) is 36.4 Å². The van der Waals surface area contributed by atoms with Crippen molar-refractivity contribution >= 4 is 17.5 Å². The van der Waals surface area contributed by atoms with Gasteiger partial charge in [-0.3, -0.25) is 4.79 Å². The molecule has 0 aliphatic rings. The van der Waals surface area contributed by atoms with Crippen LogP contribution in [0, 0.1) is 0 Å². The van der Waals surface area contributed by atoms with Crippen molar-refractivity contribution < 1.29 is 19.0 Å². The van der Waals surface area contributed by atoms with Crippen LogP contribution in [0.5, 0.6) is 17.2 Å². The van der Waals surface area contributed by atoms with Crippen molar-refractivity contribution in [2.24, 2.45) is 0 Å². The quantitative estimate of drug-likeness (QED) is 0.880. The summed E-state index contributed by atoms with van der Waals surface area (Å²) in [6, 6.07) is 10.3.